The van der Waals surface area contributed by atoms with Crippen LogP contribution in [0, 0.1) is 5.82 Å². The second-order valence-electron chi connectivity index (χ2n) is 4.31. The summed E-state index contributed by atoms with van der Waals surface area (Å²) in [6, 6.07) is 3.09. The quantitative estimate of drug-likeness (QED) is 0.350. The Bertz CT molecular complexity index is 421. The first-order valence-electron chi connectivity index (χ1n) is 6.24. The van der Waals surface area contributed by atoms with Gasteiger partial charge in [0, 0.05) is 10.9 Å². The van der Waals surface area contributed by atoms with Crippen molar-refractivity contribution in [2.75, 3.05) is 0 Å². The molecule has 0 saturated heterocycles. The summed E-state index contributed by atoms with van der Waals surface area (Å²) in [5.41, 5.74) is 0.0960. The van der Waals surface area contributed by atoms with E-state index < -0.39 is 5.82 Å². The minimum Gasteiger partial charge on any atom is -0.294 e. The number of ketones is 1. The number of carbonyl (C=O) groups is 1. The fraction of sp³-hybridized carbons (Fsp3) is 0.500. The van der Waals surface area contributed by atoms with Crippen LogP contribution >= 0.6 is 27.5 Å². The Morgan fingerprint density at radius 1 is 1.28 bits per heavy atom. The van der Waals surface area contributed by atoms with Gasteiger partial charge in [0.2, 0.25) is 0 Å². The van der Waals surface area contributed by atoms with E-state index in [2.05, 4.69) is 22.9 Å². The molecule has 0 N–H and O–H groups in total. The van der Waals surface area contributed by atoms with Gasteiger partial charge in [-0.15, -0.1) is 0 Å². The average Bonchev–Trinajstić information content (AvgIpc) is 2.35. The van der Waals surface area contributed by atoms with Gasteiger partial charge < -0.3 is 0 Å². The minimum atomic E-state index is -0.621. The van der Waals surface area contributed by atoms with E-state index in [0.717, 1.165) is 19.3 Å². The summed E-state index contributed by atoms with van der Waals surface area (Å²) in [5, 5.41) is -0.0215. The van der Waals surface area contributed by atoms with Crippen molar-refractivity contribution in [1.29, 1.82) is 0 Å². The van der Waals surface area contributed by atoms with Crippen LogP contribution in [0.15, 0.2) is 16.6 Å². The molecule has 0 radical (unpaired) electrons. The van der Waals surface area contributed by atoms with Gasteiger partial charge in [-0.1, -0.05) is 44.2 Å². The van der Waals surface area contributed by atoms with E-state index in [1.165, 1.54) is 18.9 Å². The van der Waals surface area contributed by atoms with Crippen molar-refractivity contribution in [3.8, 4) is 0 Å². The topological polar surface area (TPSA) is 17.1 Å². The molecule has 0 aromatic heterocycles. The molecule has 1 aromatic carbocycles. The molecular weight excluding hydrogens is 319 g/mol. The number of hydrogen-bond acceptors (Lipinski definition) is 1. The molecular formula is C14H17BrClFO. The van der Waals surface area contributed by atoms with Crippen molar-refractivity contribution >= 4 is 33.3 Å². The van der Waals surface area contributed by atoms with Gasteiger partial charge in [-0.2, -0.15) is 0 Å². The van der Waals surface area contributed by atoms with Crippen molar-refractivity contribution in [1.82, 2.24) is 0 Å². The van der Waals surface area contributed by atoms with E-state index in [9.17, 15) is 9.18 Å². The van der Waals surface area contributed by atoms with Crippen LogP contribution in [0.4, 0.5) is 4.39 Å². The van der Waals surface area contributed by atoms with Crippen molar-refractivity contribution in [2.24, 2.45) is 0 Å². The van der Waals surface area contributed by atoms with Crippen LogP contribution in [0.2, 0.25) is 5.02 Å². The SMILES string of the molecule is CCCCCCCC(=O)c1ccc(Br)c(Cl)c1F. The molecule has 100 valence electrons. The predicted octanol–water partition coefficient (Wildman–Crippen LogP) is 5.78. The maximum absolute atomic E-state index is 13.8. The lowest BCUT2D eigenvalue weighted by atomic mass is 10.0. The van der Waals surface area contributed by atoms with Crippen LogP contribution in [0.1, 0.15) is 55.8 Å². The molecule has 0 amide bonds. The van der Waals surface area contributed by atoms with E-state index in [1.807, 2.05) is 0 Å². The number of carbonyl (C=O) groups excluding carboxylic acids is 1. The number of hydrogen-bond donors (Lipinski definition) is 0. The van der Waals surface area contributed by atoms with Crippen LogP contribution < -0.4 is 0 Å². The second kappa shape index (κ2) is 7.90. The third kappa shape index (κ3) is 4.36. The third-order valence-electron chi connectivity index (χ3n) is 2.84. The molecule has 0 saturated carbocycles. The number of rotatable bonds is 7. The summed E-state index contributed by atoms with van der Waals surface area (Å²) in [7, 11) is 0. The summed E-state index contributed by atoms with van der Waals surface area (Å²) < 4.78 is 14.2. The Morgan fingerprint density at radius 2 is 1.94 bits per heavy atom. The summed E-state index contributed by atoms with van der Waals surface area (Å²) in [6.45, 7) is 2.14. The summed E-state index contributed by atoms with van der Waals surface area (Å²) in [6.07, 6.45) is 5.71. The number of benzene rings is 1. The first kappa shape index (κ1) is 15.6. The lowest BCUT2D eigenvalue weighted by Gasteiger charge is -2.05. The Hall–Kier alpha value is -0.410. The molecule has 1 aromatic rings. The third-order valence-corrected chi connectivity index (χ3v) is 4.10. The molecule has 1 nitrogen and oxygen atoms in total. The maximum atomic E-state index is 13.8. The molecule has 1 rings (SSSR count). The Morgan fingerprint density at radius 3 is 2.61 bits per heavy atom. The van der Waals surface area contributed by atoms with Crippen molar-refractivity contribution < 1.29 is 9.18 Å². The molecule has 0 aliphatic rings. The molecule has 0 aliphatic carbocycles. The van der Waals surface area contributed by atoms with Crippen molar-refractivity contribution in [3.63, 3.8) is 0 Å². The highest BCUT2D eigenvalue weighted by Crippen LogP contribution is 2.28. The highest BCUT2D eigenvalue weighted by Gasteiger charge is 2.15. The molecule has 0 heterocycles. The summed E-state index contributed by atoms with van der Waals surface area (Å²) >= 11 is 8.88. The van der Waals surface area contributed by atoms with Crippen LogP contribution in [-0.2, 0) is 0 Å². The van der Waals surface area contributed by atoms with Crippen LogP contribution in [0.5, 0.6) is 0 Å². The molecule has 0 fully saturated rings. The van der Waals surface area contributed by atoms with E-state index >= 15 is 0 Å². The summed E-state index contributed by atoms with van der Waals surface area (Å²) in [5.74, 6) is -0.789. The van der Waals surface area contributed by atoms with E-state index in [-0.39, 0.29) is 16.4 Å². The van der Waals surface area contributed by atoms with E-state index in [0.29, 0.717) is 10.9 Å². The number of unbranched alkanes of at least 4 members (excludes halogenated alkanes) is 4. The van der Waals surface area contributed by atoms with Gasteiger partial charge in [0.25, 0.3) is 0 Å². The summed E-state index contributed by atoms with van der Waals surface area (Å²) in [4.78, 5) is 11.8. The zero-order valence-electron chi connectivity index (χ0n) is 10.4. The van der Waals surface area contributed by atoms with Crippen molar-refractivity contribution in [2.45, 2.75) is 45.4 Å². The van der Waals surface area contributed by atoms with Crippen LogP contribution in [-0.4, -0.2) is 5.78 Å². The van der Waals surface area contributed by atoms with Gasteiger partial charge in [-0.25, -0.2) is 4.39 Å². The van der Waals surface area contributed by atoms with Gasteiger partial charge in [-0.05, 0) is 34.5 Å². The smallest absolute Gasteiger partial charge is 0.165 e. The largest absolute Gasteiger partial charge is 0.294 e. The van der Waals surface area contributed by atoms with Crippen molar-refractivity contribution in [3.05, 3.63) is 33.0 Å². The molecule has 0 bridgehead atoms. The first-order chi connectivity index (χ1) is 8.57. The van der Waals surface area contributed by atoms with E-state index in [1.54, 1.807) is 6.07 Å². The van der Waals surface area contributed by atoms with Gasteiger partial charge in [-0.3, -0.25) is 4.79 Å². The Balaban J connectivity index is 2.54. The Labute approximate surface area is 121 Å². The standard InChI is InChI=1S/C14H17BrClFO/c1-2-3-4-5-6-7-12(18)10-8-9-11(15)13(16)14(10)17/h8-9H,2-7H2,1H3. The van der Waals surface area contributed by atoms with E-state index in [4.69, 9.17) is 11.6 Å². The average molecular weight is 336 g/mol. The zero-order valence-corrected chi connectivity index (χ0v) is 12.8. The highest BCUT2D eigenvalue weighted by molar-refractivity contribution is 9.10. The normalized spacial score (nSPS) is 10.7. The lowest BCUT2D eigenvalue weighted by molar-refractivity contribution is 0.0975. The Kier molecular flexibility index (Phi) is 6.87. The number of halogens is 3. The minimum absolute atomic E-state index is 0.0215. The molecule has 18 heavy (non-hydrogen) atoms. The van der Waals surface area contributed by atoms with Crippen LogP contribution in [0.3, 0.4) is 0 Å². The fourth-order valence-electron chi connectivity index (χ4n) is 1.77. The van der Waals surface area contributed by atoms with Gasteiger partial charge in [0.1, 0.15) is 0 Å². The lowest BCUT2D eigenvalue weighted by Crippen LogP contribution is -2.03. The maximum Gasteiger partial charge on any atom is 0.165 e. The number of Topliss-reactive ketones (excluding diaryl/α,β-unsaturated/α-hetero) is 1. The van der Waals surface area contributed by atoms with Crippen LogP contribution in [0.25, 0.3) is 0 Å². The molecule has 0 spiro atoms. The molecule has 0 unspecified atom stereocenters. The van der Waals surface area contributed by atoms with Gasteiger partial charge >= 0.3 is 0 Å². The van der Waals surface area contributed by atoms with Gasteiger partial charge in [0.15, 0.2) is 11.6 Å². The molecule has 4 heteroatoms. The molecule has 0 atom stereocenters. The predicted molar refractivity (Wildman–Crippen MR) is 76.8 cm³/mol. The highest BCUT2D eigenvalue weighted by atomic mass is 79.9. The fourth-order valence-corrected chi connectivity index (χ4v) is 2.24. The zero-order chi connectivity index (χ0) is 13.5. The monoisotopic (exact) mass is 334 g/mol. The second-order valence-corrected chi connectivity index (χ2v) is 5.54. The molecule has 0 aliphatic heterocycles. The van der Waals surface area contributed by atoms with Gasteiger partial charge in [0.05, 0.1) is 10.6 Å². The first-order valence-corrected chi connectivity index (χ1v) is 7.41.